The van der Waals surface area contributed by atoms with E-state index in [1.807, 2.05) is 53.5 Å². The Hall–Kier alpha value is -2.67. The zero-order valence-electron chi connectivity index (χ0n) is 14.4. The summed E-state index contributed by atoms with van der Waals surface area (Å²) in [6.45, 7) is 3.42. The van der Waals surface area contributed by atoms with Gasteiger partial charge in [0, 0.05) is 24.3 Å². The van der Waals surface area contributed by atoms with Crippen molar-refractivity contribution in [3.8, 4) is 5.69 Å². The number of aryl methyl sites for hydroxylation is 1. The fourth-order valence-corrected chi connectivity index (χ4v) is 3.13. The first-order chi connectivity index (χ1) is 12.3. The van der Waals surface area contributed by atoms with E-state index in [1.165, 1.54) is 4.88 Å². The zero-order chi connectivity index (χ0) is 17.5. The van der Waals surface area contributed by atoms with Gasteiger partial charge in [0.2, 0.25) is 0 Å². The first-order valence-corrected chi connectivity index (χ1v) is 9.08. The van der Waals surface area contributed by atoms with Gasteiger partial charge in [0.05, 0.1) is 24.5 Å². The van der Waals surface area contributed by atoms with E-state index in [9.17, 15) is 0 Å². The molecule has 0 saturated heterocycles. The second-order valence-electron chi connectivity index (χ2n) is 5.44. The lowest BCUT2D eigenvalue weighted by Crippen LogP contribution is -2.36. The molecular weight excluding hydrogens is 332 g/mol. The fraction of sp³-hybridized carbons (Fsp3) is 0.278. The van der Waals surface area contributed by atoms with E-state index >= 15 is 0 Å². The molecule has 0 saturated carbocycles. The third-order valence-corrected chi connectivity index (χ3v) is 4.82. The minimum atomic E-state index is 0.609. The van der Waals surface area contributed by atoms with Crippen molar-refractivity contribution in [2.24, 2.45) is 4.99 Å². The molecule has 0 aliphatic carbocycles. The van der Waals surface area contributed by atoms with E-state index < -0.39 is 0 Å². The van der Waals surface area contributed by atoms with Crippen molar-refractivity contribution in [2.75, 3.05) is 7.05 Å². The number of nitrogens with one attached hydrogen (secondary N) is 2. The van der Waals surface area contributed by atoms with E-state index in [0.29, 0.717) is 13.1 Å². The molecule has 3 aromatic rings. The van der Waals surface area contributed by atoms with Gasteiger partial charge >= 0.3 is 0 Å². The molecule has 6 nitrogen and oxygen atoms in total. The highest BCUT2D eigenvalue weighted by Gasteiger charge is 2.05. The fourth-order valence-electron chi connectivity index (χ4n) is 2.33. The van der Waals surface area contributed by atoms with Crippen LogP contribution < -0.4 is 10.6 Å². The number of hydrogen-bond donors (Lipinski definition) is 2. The van der Waals surface area contributed by atoms with E-state index in [1.54, 1.807) is 18.4 Å². The van der Waals surface area contributed by atoms with Crippen LogP contribution in [0.15, 0.2) is 53.8 Å². The van der Waals surface area contributed by atoms with Crippen molar-refractivity contribution < 1.29 is 0 Å². The molecule has 1 aromatic carbocycles. The number of aliphatic imine (C=N–C) groups is 1. The summed E-state index contributed by atoms with van der Waals surface area (Å²) in [7, 11) is 1.76. The van der Waals surface area contributed by atoms with Crippen molar-refractivity contribution in [2.45, 2.75) is 26.4 Å². The maximum absolute atomic E-state index is 4.58. The van der Waals surface area contributed by atoms with Gasteiger partial charge in [-0.3, -0.25) is 4.99 Å². The van der Waals surface area contributed by atoms with Gasteiger partial charge in [-0.2, -0.15) is 5.10 Å². The molecule has 0 aliphatic heterocycles. The number of nitrogens with zero attached hydrogens (tertiary/aromatic N) is 4. The summed E-state index contributed by atoms with van der Waals surface area (Å²) in [5, 5.41) is 12.2. The van der Waals surface area contributed by atoms with Crippen LogP contribution in [0.1, 0.15) is 22.5 Å². The smallest absolute Gasteiger partial charge is 0.191 e. The van der Waals surface area contributed by atoms with Crippen LogP contribution in [0, 0.1) is 0 Å². The molecule has 0 atom stereocenters. The van der Waals surface area contributed by atoms with Crippen LogP contribution in [-0.4, -0.2) is 27.8 Å². The summed E-state index contributed by atoms with van der Waals surface area (Å²) in [6.07, 6.45) is 4.92. The molecule has 0 radical (unpaired) electrons. The second-order valence-corrected chi connectivity index (χ2v) is 6.64. The lowest BCUT2D eigenvalue weighted by molar-refractivity contribution is 0.766. The van der Waals surface area contributed by atoms with Crippen LogP contribution >= 0.6 is 11.3 Å². The molecule has 3 rings (SSSR count). The molecule has 2 heterocycles. The SMILES string of the molecule is CCc1cnc(CNC(=NC)NCc2ccn(-c3ccccc3)n2)s1. The van der Waals surface area contributed by atoms with Crippen LogP contribution in [0.5, 0.6) is 0 Å². The number of para-hydroxylation sites is 1. The summed E-state index contributed by atoms with van der Waals surface area (Å²) in [5.41, 5.74) is 2.00. The van der Waals surface area contributed by atoms with Gasteiger partial charge in [-0.1, -0.05) is 25.1 Å². The molecule has 0 fully saturated rings. The van der Waals surface area contributed by atoms with Gasteiger partial charge in [0.25, 0.3) is 0 Å². The average Bonchev–Trinajstić information content (AvgIpc) is 3.32. The van der Waals surface area contributed by atoms with Gasteiger partial charge in [-0.15, -0.1) is 11.3 Å². The summed E-state index contributed by atoms with van der Waals surface area (Å²) in [6, 6.07) is 12.1. The maximum Gasteiger partial charge on any atom is 0.191 e. The molecule has 7 heteroatoms. The van der Waals surface area contributed by atoms with E-state index in [-0.39, 0.29) is 0 Å². The standard InChI is InChI=1S/C18H22N6S/c1-3-16-12-20-17(25-16)13-22-18(19-2)21-11-14-9-10-24(23-14)15-7-5-4-6-8-15/h4-10,12H,3,11,13H2,1-2H3,(H2,19,21,22). The maximum atomic E-state index is 4.58. The Balaban J connectivity index is 1.52. The Kier molecular flexibility index (Phi) is 5.79. The Morgan fingerprint density at radius 3 is 2.68 bits per heavy atom. The van der Waals surface area contributed by atoms with Crippen LogP contribution in [0.4, 0.5) is 0 Å². The van der Waals surface area contributed by atoms with Crippen LogP contribution in [0.3, 0.4) is 0 Å². The summed E-state index contributed by atoms with van der Waals surface area (Å²) >= 11 is 1.73. The first kappa shape index (κ1) is 17.2. The summed E-state index contributed by atoms with van der Waals surface area (Å²) in [5.74, 6) is 0.738. The lowest BCUT2D eigenvalue weighted by Gasteiger charge is -2.09. The highest BCUT2D eigenvalue weighted by molar-refractivity contribution is 7.11. The number of guanidine groups is 1. The van der Waals surface area contributed by atoms with Gasteiger partial charge in [-0.25, -0.2) is 9.67 Å². The molecule has 0 unspecified atom stereocenters. The molecule has 0 spiro atoms. The lowest BCUT2D eigenvalue weighted by atomic mass is 10.3. The Labute approximate surface area is 151 Å². The molecule has 2 N–H and O–H groups in total. The molecule has 0 amide bonds. The highest BCUT2D eigenvalue weighted by atomic mass is 32.1. The number of rotatable bonds is 6. The van der Waals surface area contributed by atoms with E-state index in [4.69, 9.17) is 0 Å². The zero-order valence-corrected chi connectivity index (χ0v) is 15.3. The van der Waals surface area contributed by atoms with Crippen molar-refractivity contribution in [1.82, 2.24) is 25.4 Å². The molecule has 0 bridgehead atoms. The van der Waals surface area contributed by atoms with Crippen LogP contribution in [0.2, 0.25) is 0 Å². The monoisotopic (exact) mass is 354 g/mol. The van der Waals surface area contributed by atoms with Crippen molar-refractivity contribution in [3.63, 3.8) is 0 Å². The molecular formula is C18H22N6S. The molecule has 130 valence electrons. The normalized spacial score (nSPS) is 11.5. The Morgan fingerprint density at radius 2 is 1.96 bits per heavy atom. The average molecular weight is 354 g/mol. The van der Waals surface area contributed by atoms with Crippen molar-refractivity contribution in [1.29, 1.82) is 0 Å². The predicted octanol–water partition coefficient (Wildman–Crippen LogP) is 2.76. The highest BCUT2D eigenvalue weighted by Crippen LogP contribution is 2.12. The molecule has 0 aliphatic rings. The van der Waals surface area contributed by atoms with E-state index in [2.05, 4.69) is 32.6 Å². The molecule has 25 heavy (non-hydrogen) atoms. The predicted molar refractivity (Wildman–Crippen MR) is 102 cm³/mol. The largest absolute Gasteiger partial charge is 0.351 e. The van der Waals surface area contributed by atoms with Gasteiger partial charge in [-0.05, 0) is 24.6 Å². The number of thiazole rings is 1. The third-order valence-electron chi connectivity index (χ3n) is 3.68. The van der Waals surface area contributed by atoms with Crippen molar-refractivity contribution >= 4 is 17.3 Å². The number of hydrogen-bond acceptors (Lipinski definition) is 4. The number of aromatic nitrogens is 3. The van der Waals surface area contributed by atoms with Crippen LogP contribution in [-0.2, 0) is 19.5 Å². The van der Waals surface area contributed by atoms with Gasteiger partial charge in [0.15, 0.2) is 5.96 Å². The minimum absolute atomic E-state index is 0.609. The van der Waals surface area contributed by atoms with Crippen LogP contribution in [0.25, 0.3) is 5.69 Å². The van der Waals surface area contributed by atoms with Gasteiger partial charge < -0.3 is 10.6 Å². The van der Waals surface area contributed by atoms with E-state index in [0.717, 1.165) is 28.8 Å². The Bertz CT molecular complexity index is 821. The third kappa shape index (κ3) is 4.67. The Morgan fingerprint density at radius 1 is 1.16 bits per heavy atom. The topological polar surface area (TPSA) is 67.1 Å². The molecule has 2 aromatic heterocycles. The van der Waals surface area contributed by atoms with Crippen molar-refractivity contribution in [3.05, 3.63) is 64.4 Å². The first-order valence-electron chi connectivity index (χ1n) is 8.26. The summed E-state index contributed by atoms with van der Waals surface area (Å²) in [4.78, 5) is 9.95. The minimum Gasteiger partial charge on any atom is -0.351 e. The second kappa shape index (κ2) is 8.43. The quantitative estimate of drug-likeness (QED) is 0.528. The summed E-state index contributed by atoms with van der Waals surface area (Å²) < 4.78 is 1.87. The number of benzene rings is 1. The van der Waals surface area contributed by atoms with Gasteiger partial charge in [0.1, 0.15) is 5.01 Å².